The second-order valence-electron chi connectivity index (χ2n) is 6.94. The molecule has 0 bridgehead atoms. The number of nitrogens with zero attached hydrogens (tertiary/aromatic N) is 2. The molecule has 2 rings (SSSR count). The van der Waals surface area contributed by atoms with Crippen LogP contribution in [0.25, 0.3) is 11.3 Å². The molecule has 146 valence electrons. The van der Waals surface area contributed by atoms with Gasteiger partial charge in [-0.05, 0) is 69.6 Å². The van der Waals surface area contributed by atoms with Crippen molar-refractivity contribution in [1.29, 1.82) is 0 Å². The molecule has 0 amide bonds. The molecule has 1 heterocycles. The Bertz CT molecular complexity index is 737. The summed E-state index contributed by atoms with van der Waals surface area (Å²) in [5.74, 6) is 1.53. The molecule has 0 saturated heterocycles. The van der Waals surface area contributed by atoms with E-state index in [0.29, 0.717) is 12.5 Å². The van der Waals surface area contributed by atoms with Crippen LogP contribution in [0.2, 0.25) is 0 Å². The molecule has 0 aliphatic heterocycles. The van der Waals surface area contributed by atoms with Gasteiger partial charge in [-0.2, -0.15) is 0 Å². The zero-order valence-electron chi connectivity index (χ0n) is 17.6. The largest absolute Gasteiger partial charge is 0.492 e. The third-order valence-corrected chi connectivity index (χ3v) is 4.69. The smallest absolute Gasteiger partial charge is 0.141 e. The lowest BCUT2D eigenvalue weighted by atomic mass is 9.99. The molecule has 1 aliphatic carbocycles. The Balaban J connectivity index is 2.57. The van der Waals surface area contributed by atoms with E-state index < -0.39 is 0 Å². The lowest BCUT2D eigenvalue weighted by Crippen LogP contribution is -2.02. The van der Waals surface area contributed by atoms with Crippen molar-refractivity contribution >= 4 is 17.0 Å². The molecule has 3 nitrogen and oxygen atoms in total. The average molecular weight is 367 g/mol. The monoisotopic (exact) mass is 366 g/mol. The van der Waals surface area contributed by atoms with Crippen molar-refractivity contribution in [3.63, 3.8) is 0 Å². The molecule has 0 aromatic carbocycles. The van der Waals surface area contributed by atoms with E-state index >= 15 is 0 Å². The Morgan fingerprint density at radius 3 is 2.59 bits per heavy atom. The summed E-state index contributed by atoms with van der Waals surface area (Å²) in [6.07, 6.45) is 15.8. The van der Waals surface area contributed by atoms with Crippen LogP contribution in [0.1, 0.15) is 77.1 Å². The number of aromatic nitrogens is 1. The van der Waals surface area contributed by atoms with Gasteiger partial charge in [-0.1, -0.05) is 32.9 Å². The van der Waals surface area contributed by atoms with Crippen molar-refractivity contribution in [3.05, 3.63) is 53.5 Å². The van der Waals surface area contributed by atoms with E-state index in [0.717, 1.165) is 41.9 Å². The van der Waals surface area contributed by atoms with Crippen molar-refractivity contribution in [2.24, 2.45) is 10.9 Å². The van der Waals surface area contributed by atoms with Crippen molar-refractivity contribution in [1.82, 2.24) is 4.98 Å². The number of hydrogen-bond acceptors (Lipinski definition) is 3. The molecule has 1 aromatic rings. The summed E-state index contributed by atoms with van der Waals surface area (Å²) >= 11 is 0. The molecule has 0 radical (unpaired) electrons. The van der Waals surface area contributed by atoms with Crippen LogP contribution in [0.5, 0.6) is 0 Å². The Hall–Kier alpha value is -2.16. The van der Waals surface area contributed by atoms with Gasteiger partial charge in [0.05, 0.1) is 6.61 Å². The van der Waals surface area contributed by atoms with E-state index in [1.54, 1.807) is 0 Å². The van der Waals surface area contributed by atoms with Gasteiger partial charge in [-0.15, -0.1) is 0 Å². The molecule has 3 heteroatoms. The van der Waals surface area contributed by atoms with Gasteiger partial charge in [0, 0.05) is 29.2 Å². The summed E-state index contributed by atoms with van der Waals surface area (Å²) in [7, 11) is 0. The van der Waals surface area contributed by atoms with Crippen LogP contribution in [0.4, 0.5) is 0 Å². The average Bonchev–Trinajstić information content (AvgIpc) is 3.53. The van der Waals surface area contributed by atoms with Gasteiger partial charge in [0.25, 0.3) is 0 Å². The number of allylic oxidation sites excluding steroid dienone is 4. The van der Waals surface area contributed by atoms with Gasteiger partial charge in [0.1, 0.15) is 11.5 Å². The molecule has 1 fully saturated rings. The zero-order valence-corrected chi connectivity index (χ0v) is 17.6. The topological polar surface area (TPSA) is 34.5 Å². The first-order valence-electron chi connectivity index (χ1n) is 10.4. The minimum atomic E-state index is 0.630. The maximum Gasteiger partial charge on any atom is 0.141 e. The second kappa shape index (κ2) is 10.9. The lowest BCUT2D eigenvalue weighted by molar-refractivity contribution is 0.295. The highest BCUT2D eigenvalue weighted by Crippen LogP contribution is 2.31. The first-order chi connectivity index (χ1) is 13.1. The third kappa shape index (κ3) is 6.20. The van der Waals surface area contributed by atoms with Crippen molar-refractivity contribution < 1.29 is 4.74 Å². The SMILES string of the molecule is CC\C=C/C(=C\N=C(/C)C1CC1)c1cc(CC)cnc1/C(=C/CC)OCC. The summed E-state index contributed by atoms with van der Waals surface area (Å²) in [4.78, 5) is 9.55. The predicted octanol–water partition coefficient (Wildman–Crippen LogP) is 6.61. The molecule has 0 N–H and O–H groups in total. The molecule has 27 heavy (non-hydrogen) atoms. The van der Waals surface area contributed by atoms with Crippen molar-refractivity contribution in [2.75, 3.05) is 6.61 Å². The molecule has 0 atom stereocenters. The summed E-state index contributed by atoms with van der Waals surface area (Å²) in [6.45, 7) is 11.2. The molecule has 1 aromatic heterocycles. The van der Waals surface area contributed by atoms with E-state index in [1.165, 1.54) is 24.1 Å². The van der Waals surface area contributed by atoms with E-state index in [9.17, 15) is 0 Å². The molecule has 0 unspecified atom stereocenters. The van der Waals surface area contributed by atoms with E-state index in [2.05, 4.69) is 52.0 Å². The number of ether oxygens (including phenoxy) is 1. The Morgan fingerprint density at radius 1 is 1.22 bits per heavy atom. The minimum Gasteiger partial charge on any atom is -0.492 e. The van der Waals surface area contributed by atoms with Crippen LogP contribution < -0.4 is 0 Å². The molecular formula is C24H34N2O. The summed E-state index contributed by atoms with van der Waals surface area (Å²) in [5.41, 5.74) is 5.55. The van der Waals surface area contributed by atoms with Gasteiger partial charge in [-0.3, -0.25) is 9.98 Å². The quantitative estimate of drug-likeness (QED) is 0.265. The van der Waals surface area contributed by atoms with E-state index in [1.807, 2.05) is 19.3 Å². The van der Waals surface area contributed by atoms with Gasteiger partial charge in [0.2, 0.25) is 0 Å². The number of aryl methyl sites for hydroxylation is 1. The maximum atomic E-state index is 5.92. The van der Waals surface area contributed by atoms with Crippen LogP contribution in [0.3, 0.4) is 0 Å². The second-order valence-corrected chi connectivity index (χ2v) is 6.94. The molecule has 1 aliphatic rings. The first-order valence-corrected chi connectivity index (χ1v) is 10.4. The molecule has 1 saturated carbocycles. The maximum absolute atomic E-state index is 5.92. The first kappa shape index (κ1) is 21.1. The number of pyridine rings is 1. The lowest BCUT2D eigenvalue weighted by Gasteiger charge is -2.15. The Kier molecular flexibility index (Phi) is 8.50. The molecule has 0 spiro atoms. The number of aliphatic imine (C=N–C) groups is 1. The van der Waals surface area contributed by atoms with E-state index in [4.69, 9.17) is 14.7 Å². The summed E-state index contributed by atoms with van der Waals surface area (Å²) < 4.78 is 5.92. The van der Waals surface area contributed by atoms with Gasteiger partial charge >= 0.3 is 0 Å². The summed E-state index contributed by atoms with van der Waals surface area (Å²) in [6, 6.07) is 2.23. The van der Waals surface area contributed by atoms with Crippen LogP contribution in [-0.4, -0.2) is 17.3 Å². The van der Waals surface area contributed by atoms with Crippen LogP contribution in [0, 0.1) is 5.92 Å². The van der Waals surface area contributed by atoms with Crippen molar-refractivity contribution in [3.8, 4) is 0 Å². The fourth-order valence-electron chi connectivity index (χ4n) is 2.91. The predicted molar refractivity (Wildman–Crippen MR) is 117 cm³/mol. The summed E-state index contributed by atoms with van der Waals surface area (Å²) in [5, 5.41) is 0. The number of rotatable bonds is 10. The minimum absolute atomic E-state index is 0.630. The van der Waals surface area contributed by atoms with Gasteiger partial charge in [-0.25, -0.2) is 0 Å². The molecular weight excluding hydrogens is 332 g/mol. The van der Waals surface area contributed by atoms with Gasteiger partial charge < -0.3 is 4.74 Å². The zero-order chi connectivity index (χ0) is 19.6. The van der Waals surface area contributed by atoms with Crippen LogP contribution >= 0.6 is 0 Å². The van der Waals surface area contributed by atoms with Gasteiger partial charge in [0.15, 0.2) is 0 Å². The Morgan fingerprint density at radius 2 is 2.00 bits per heavy atom. The standard InChI is InChI=1S/C24H34N2O/c1-6-10-12-21(17-25-18(5)20-13-14-20)22-15-19(8-3)16-26-24(22)23(11-7-2)27-9-4/h10-12,15-17,20H,6-9,13-14H2,1-5H3/b12-10-,21-17+,23-11-,25-18+. The fraction of sp³-hybridized carbons (Fsp3) is 0.500. The highest BCUT2D eigenvalue weighted by Gasteiger charge is 2.24. The normalized spacial score (nSPS) is 16.3. The Labute approximate surface area is 165 Å². The van der Waals surface area contributed by atoms with Crippen LogP contribution in [-0.2, 0) is 11.2 Å². The highest BCUT2D eigenvalue weighted by molar-refractivity contribution is 5.88. The fourth-order valence-corrected chi connectivity index (χ4v) is 2.91. The number of hydrogen-bond donors (Lipinski definition) is 0. The highest BCUT2D eigenvalue weighted by atomic mass is 16.5. The third-order valence-electron chi connectivity index (χ3n) is 4.69. The van der Waals surface area contributed by atoms with Crippen LogP contribution in [0.15, 0.2) is 41.7 Å². The van der Waals surface area contributed by atoms with Crippen molar-refractivity contribution in [2.45, 2.75) is 66.7 Å². The van der Waals surface area contributed by atoms with E-state index in [-0.39, 0.29) is 0 Å².